The van der Waals surface area contributed by atoms with Gasteiger partial charge in [0, 0.05) is 13.1 Å². The molecule has 0 aliphatic carbocycles. The maximum absolute atomic E-state index is 12.5. The van der Waals surface area contributed by atoms with Crippen LogP contribution in [0.2, 0.25) is 8.67 Å². The van der Waals surface area contributed by atoms with Gasteiger partial charge in [-0.3, -0.25) is 4.79 Å². The molecule has 1 fully saturated rings. The molecule has 1 atom stereocenters. The number of ether oxygens (including phenoxy) is 1. The van der Waals surface area contributed by atoms with E-state index in [4.69, 9.17) is 23.2 Å². The normalized spacial score (nSPS) is 20.9. The molecule has 2 heterocycles. The van der Waals surface area contributed by atoms with Crippen LogP contribution in [-0.4, -0.2) is 38.9 Å². The molecular weight excluding hydrogens is 345 g/mol. The molecule has 1 saturated heterocycles. The average molecular weight is 358 g/mol. The lowest BCUT2D eigenvalue weighted by atomic mass is 10.0. The van der Waals surface area contributed by atoms with Crippen LogP contribution < -0.4 is 0 Å². The van der Waals surface area contributed by atoms with Crippen molar-refractivity contribution >= 4 is 50.5 Å². The molecule has 1 aromatic heterocycles. The first kappa shape index (κ1) is 16.0. The van der Waals surface area contributed by atoms with Crippen LogP contribution >= 0.6 is 34.5 Å². The Hall–Kier alpha value is -0.340. The van der Waals surface area contributed by atoms with E-state index < -0.39 is 15.9 Å². The summed E-state index contributed by atoms with van der Waals surface area (Å²) in [5, 5.41) is 0. The summed E-state index contributed by atoms with van der Waals surface area (Å²) in [5.41, 5.74) is 0. The zero-order valence-corrected chi connectivity index (χ0v) is 13.8. The van der Waals surface area contributed by atoms with Crippen LogP contribution in [0.4, 0.5) is 0 Å². The molecule has 0 unspecified atom stereocenters. The third-order valence-corrected chi connectivity index (χ3v) is 6.78. The highest BCUT2D eigenvalue weighted by Crippen LogP contribution is 2.36. The summed E-state index contributed by atoms with van der Waals surface area (Å²) in [6, 6.07) is 1.34. The van der Waals surface area contributed by atoms with Crippen molar-refractivity contribution in [1.29, 1.82) is 0 Å². The Morgan fingerprint density at radius 3 is 2.75 bits per heavy atom. The molecule has 1 aliphatic rings. The molecule has 2 rings (SSSR count). The summed E-state index contributed by atoms with van der Waals surface area (Å²) in [4.78, 5) is 11.6. The zero-order valence-electron chi connectivity index (χ0n) is 10.6. The van der Waals surface area contributed by atoms with Gasteiger partial charge in [0.15, 0.2) is 0 Å². The van der Waals surface area contributed by atoms with E-state index in [9.17, 15) is 13.2 Å². The highest BCUT2D eigenvalue weighted by Gasteiger charge is 2.35. The molecule has 0 N–H and O–H groups in total. The monoisotopic (exact) mass is 357 g/mol. The predicted octanol–water partition coefficient (Wildman–Crippen LogP) is 2.63. The van der Waals surface area contributed by atoms with Crippen LogP contribution in [0, 0.1) is 5.92 Å². The number of carbonyl (C=O) groups excluding carboxylic acids is 1. The minimum absolute atomic E-state index is 0.000294. The molecule has 1 aromatic rings. The van der Waals surface area contributed by atoms with E-state index in [0.29, 0.717) is 23.7 Å². The first-order chi connectivity index (χ1) is 9.36. The van der Waals surface area contributed by atoms with Gasteiger partial charge in [0.2, 0.25) is 10.0 Å². The Bertz CT molecular complexity index is 614. The molecule has 0 amide bonds. The number of thiophene rings is 1. The quantitative estimate of drug-likeness (QED) is 0.780. The van der Waals surface area contributed by atoms with Crippen LogP contribution in [0.25, 0.3) is 0 Å². The van der Waals surface area contributed by atoms with Gasteiger partial charge in [-0.1, -0.05) is 23.2 Å². The van der Waals surface area contributed by atoms with Gasteiger partial charge in [0.05, 0.1) is 17.4 Å². The van der Waals surface area contributed by atoms with Crippen LogP contribution in [-0.2, 0) is 19.6 Å². The summed E-state index contributed by atoms with van der Waals surface area (Å²) in [5.74, 6) is -0.823. The number of rotatable bonds is 3. The van der Waals surface area contributed by atoms with Gasteiger partial charge in [0.25, 0.3) is 0 Å². The van der Waals surface area contributed by atoms with E-state index in [2.05, 4.69) is 4.74 Å². The number of esters is 1. The molecule has 0 radical (unpaired) electrons. The van der Waals surface area contributed by atoms with Crippen molar-refractivity contribution in [2.75, 3.05) is 20.2 Å². The third-order valence-electron chi connectivity index (χ3n) is 3.16. The van der Waals surface area contributed by atoms with Gasteiger partial charge in [0.1, 0.15) is 9.23 Å². The first-order valence-corrected chi connectivity index (χ1v) is 8.90. The lowest BCUT2D eigenvalue weighted by molar-refractivity contribution is -0.146. The highest BCUT2D eigenvalue weighted by atomic mass is 35.5. The average Bonchev–Trinajstić information content (AvgIpc) is 2.77. The number of methoxy groups -OCH3 is 1. The van der Waals surface area contributed by atoms with Crippen LogP contribution in [0.1, 0.15) is 12.8 Å². The zero-order chi connectivity index (χ0) is 14.9. The van der Waals surface area contributed by atoms with Crippen molar-refractivity contribution in [3.63, 3.8) is 0 Å². The van der Waals surface area contributed by atoms with E-state index in [1.807, 2.05) is 0 Å². The molecule has 0 bridgehead atoms. The van der Waals surface area contributed by atoms with Crippen LogP contribution in [0.5, 0.6) is 0 Å². The number of hydrogen-bond acceptors (Lipinski definition) is 5. The minimum Gasteiger partial charge on any atom is -0.469 e. The summed E-state index contributed by atoms with van der Waals surface area (Å²) in [7, 11) is -2.43. The minimum atomic E-state index is -3.73. The van der Waals surface area contributed by atoms with E-state index in [1.54, 1.807) is 0 Å². The van der Waals surface area contributed by atoms with Crippen molar-refractivity contribution in [3.05, 3.63) is 14.7 Å². The third kappa shape index (κ3) is 3.12. The largest absolute Gasteiger partial charge is 0.469 e. The van der Waals surface area contributed by atoms with Crippen molar-refractivity contribution in [1.82, 2.24) is 4.31 Å². The Morgan fingerprint density at radius 2 is 2.20 bits per heavy atom. The maximum atomic E-state index is 12.5. The summed E-state index contributed by atoms with van der Waals surface area (Å²) in [6.45, 7) is 0.471. The van der Waals surface area contributed by atoms with Crippen molar-refractivity contribution in [3.8, 4) is 0 Å². The smallest absolute Gasteiger partial charge is 0.309 e. The lowest BCUT2D eigenvalue weighted by Crippen LogP contribution is -2.42. The summed E-state index contributed by atoms with van der Waals surface area (Å²) in [6.07, 6.45) is 1.23. The topological polar surface area (TPSA) is 63.7 Å². The fourth-order valence-corrected chi connectivity index (χ4v) is 5.80. The van der Waals surface area contributed by atoms with Gasteiger partial charge in [-0.05, 0) is 18.9 Å². The Morgan fingerprint density at radius 1 is 1.50 bits per heavy atom. The second kappa shape index (κ2) is 6.19. The first-order valence-electron chi connectivity index (χ1n) is 5.89. The number of carbonyl (C=O) groups is 1. The molecular formula is C11H13Cl2NO4S2. The maximum Gasteiger partial charge on any atom is 0.309 e. The summed E-state index contributed by atoms with van der Waals surface area (Å²) >= 11 is 12.7. The number of piperidine rings is 1. The second-order valence-electron chi connectivity index (χ2n) is 4.41. The lowest BCUT2D eigenvalue weighted by Gasteiger charge is -2.30. The van der Waals surface area contributed by atoms with Crippen LogP contribution in [0.3, 0.4) is 0 Å². The number of hydrogen-bond donors (Lipinski definition) is 0. The van der Waals surface area contributed by atoms with Gasteiger partial charge < -0.3 is 4.74 Å². The van der Waals surface area contributed by atoms with Crippen molar-refractivity contribution in [2.45, 2.75) is 17.7 Å². The molecule has 9 heteroatoms. The standard InChI is InChI=1S/C11H13Cl2NO4S2/c1-18-11(15)7-3-2-4-14(6-7)20(16,17)8-5-9(12)19-10(8)13/h5,7H,2-4,6H2,1H3/t7-/m0/s1. The fourth-order valence-electron chi connectivity index (χ4n) is 2.16. The van der Waals surface area contributed by atoms with Crippen LogP contribution in [0.15, 0.2) is 11.0 Å². The van der Waals surface area contributed by atoms with E-state index in [-0.39, 0.29) is 21.7 Å². The molecule has 5 nitrogen and oxygen atoms in total. The van der Waals surface area contributed by atoms with E-state index >= 15 is 0 Å². The Labute approximate surface area is 131 Å². The van der Waals surface area contributed by atoms with Gasteiger partial charge >= 0.3 is 5.97 Å². The Kier molecular flexibility index (Phi) is 4.96. The molecule has 1 aliphatic heterocycles. The van der Waals surface area contributed by atoms with Crippen molar-refractivity contribution < 1.29 is 17.9 Å². The number of nitrogens with zero attached hydrogens (tertiary/aromatic N) is 1. The van der Waals surface area contributed by atoms with E-state index in [0.717, 1.165) is 11.3 Å². The number of halogens is 2. The summed E-state index contributed by atoms with van der Waals surface area (Å²) < 4.78 is 31.4. The molecule has 0 spiro atoms. The van der Waals surface area contributed by atoms with Crippen molar-refractivity contribution in [2.24, 2.45) is 5.92 Å². The number of sulfonamides is 1. The van der Waals surface area contributed by atoms with Gasteiger partial charge in [-0.15, -0.1) is 11.3 Å². The SMILES string of the molecule is COC(=O)[C@H]1CCCN(S(=O)(=O)c2cc(Cl)sc2Cl)C1. The van der Waals surface area contributed by atoms with E-state index in [1.165, 1.54) is 17.5 Å². The molecule has 0 saturated carbocycles. The Balaban J connectivity index is 2.26. The van der Waals surface area contributed by atoms with Gasteiger partial charge in [-0.25, -0.2) is 8.42 Å². The fraction of sp³-hybridized carbons (Fsp3) is 0.545. The molecule has 112 valence electrons. The highest BCUT2D eigenvalue weighted by molar-refractivity contribution is 7.89. The predicted molar refractivity (Wildman–Crippen MR) is 77.8 cm³/mol. The second-order valence-corrected chi connectivity index (χ2v) is 8.61. The van der Waals surface area contributed by atoms with Gasteiger partial charge in [-0.2, -0.15) is 4.31 Å². The molecule has 20 heavy (non-hydrogen) atoms. The molecule has 0 aromatic carbocycles.